The lowest BCUT2D eigenvalue weighted by Crippen LogP contribution is -1.97. The number of hydrogen-bond donors (Lipinski definition) is 0. The van der Waals surface area contributed by atoms with Gasteiger partial charge < -0.3 is 4.74 Å². The van der Waals surface area contributed by atoms with Crippen LogP contribution in [0.15, 0.2) is 39.3 Å². The summed E-state index contributed by atoms with van der Waals surface area (Å²) < 4.78 is 7.43. The summed E-state index contributed by atoms with van der Waals surface area (Å²) in [6.45, 7) is 2.45. The number of hydrogen-bond acceptors (Lipinski definition) is 1. The summed E-state index contributed by atoms with van der Waals surface area (Å²) in [7, 11) is 0. The van der Waals surface area contributed by atoms with Crippen molar-refractivity contribution in [3.63, 3.8) is 0 Å². The van der Waals surface area contributed by atoms with Crippen molar-refractivity contribution in [1.82, 2.24) is 0 Å². The number of halogens is 5. The molecule has 1 atom stereocenters. The highest BCUT2D eigenvalue weighted by atomic mass is 79.9. The van der Waals surface area contributed by atoms with Gasteiger partial charge in [-0.1, -0.05) is 71.0 Å². The molecule has 0 aliphatic carbocycles. The third kappa shape index (κ3) is 4.38. The normalized spacial score (nSPS) is 12.3. The van der Waals surface area contributed by atoms with E-state index in [0.29, 0.717) is 22.4 Å². The van der Waals surface area contributed by atoms with Gasteiger partial charge in [0.2, 0.25) is 0 Å². The molecule has 0 radical (unpaired) electrons. The zero-order chi connectivity index (χ0) is 15.6. The van der Waals surface area contributed by atoms with Crippen molar-refractivity contribution in [3.8, 4) is 5.75 Å². The van der Waals surface area contributed by atoms with Crippen molar-refractivity contribution in [2.24, 2.45) is 0 Å². The first kappa shape index (κ1) is 17.6. The second-order valence-corrected chi connectivity index (χ2v) is 7.86. The summed E-state index contributed by atoms with van der Waals surface area (Å²) in [5.74, 6) is 0.600. The first-order valence-corrected chi connectivity index (χ1v) is 9.40. The molecule has 0 fully saturated rings. The molecule has 0 heterocycles. The number of benzene rings is 2. The van der Waals surface area contributed by atoms with Gasteiger partial charge in [0.05, 0.1) is 16.5 Å². The minimum atomic E-state index is -0.0630. The molecule has 112 valence electrons. The van der Waals surface area contributed by atoms with Crippen molar-refractivity contribution in [2.75, 3.05) is 6.61 Å². The molecular weight excluding hydrogens is 507 g/mol. The Kier molecular flexibility index (Phi) is 6.45. The van der Waals surface area contributed by atoms with Crippen LogP contribution in [0.25, 0.3) is 0 Å². The first-order valence-electron chi connectivity index (χ1n) is 6.14. The fraction of sp³-hybridized carbons (Fsp3) is 0.200. The molecule has 0 amide bonds. The monoisotopic (exact) mass is 514 g/mol. The number of rotatable bonds is 4. The molecule has 0 spiro atoms. The zero-order valence-electron chi connectivity index (χ0n) is 11.0. The molecule has 21 heavy (non-hydrogen) atoms. The molecule has 0 aliphatic rings. The number of alkyl halides is 1. The van der Waals surface area contributed by atoms with Crippen molar-refractivity contribution in [3.05, 3.63) is 60.4 Å². The largest absolute Gasteiger partial charge is 0.492 e. The summed E-state index contributed by atoms with van der Waals surface area (Å²) in [4.78, 5) is -0.0630. The van der Waals surface area contributed by atoms with Gasteiger partial charge >= 0.3 is 0 Å². The van der Waals surface area contributed by atoms with Crippen LogP contribution >= 0.6 is 71.0 Å². The van der Waals surface area contributed by atoms with Crippen LogP contribution in [-0.4, -0.2) is 6.61 Å². The predicted octanol–water partition coefficient (Wildman–Crippen LogP) is 7.40. The molecular formula is C15H11Br3Cl2O. The van der Waals surface area contributed by atoms with E-state index in [2.05, 4.69) is 47.8 Å². The summed E-state index contributed by atoms with van der Waals surface area (Å²) in [6.07, 6.45) is 0. The van der Waals surface area contributed by atoms with Crippen LogP contribution in [0.2, 0.25) is 10.0 Å². The Morgan fingerprint density at radius 2 is 1.62 bits per heavy atom. The second-order valence-electron chi connectivity index (χ2n) is 4.30. The molecule has 1 unspecified atom stereocenters. The van der Waals surface area contributed by atoms with Gasteiger partial charge in [-0.15, -0.1) is 0 Å². The van der Waals surface area contributed by atoms with Crippen LogP contribution in [0.4, 0.5) is 0 Å². The lowest BCUT2D eigenvalue weighted by Gasteiger charge is -2.16. The SMILES string of the molecule is CCOc1cc(Cl)c(C(Br)c2cc(Br)cc(Br)c2)cc1Cl. The Balaban J connectivity index is 2.43. The Morgan fingerprint density at radius 3 is 2.19 bits per heavy atom. The van der Waals surface area contributed by atoms with E-state index in [4.69, 9.17) is 27.9 Å². The molecule has 6 heteroatoms. The van der Waals surface area contributed by atoms with Gasteiger partial charge in [-0.05, 0) is 42.3 Å². The molecule has 0 aromatic heterocycles. The van der Waals surface area contributed by atoms with Gasteiger partial charge in [-0.25, -0.2) is 0 Å². The Morgan fingerprint density at radius 1 is 1.00 bits per heavy atom. The van der Waals surface area contributed by atoms with E-state index < -0.39 is 0 Å². The predicted molar refractivity (Wildman–Crippen MR) is 100 cm³/mol. The van der Waals surface area contributed by atoms with Crippen LogP contribution in [0.3, 0.4) is 0 Å². The van der Waals surface area contributed by atoms with E-state index in [1.54, 1.807) is 6.07 Å². The molecule has 0 N–H and O–H groups in total. The minimum Gasteiger partial charge on any atom is -0.492 e. The van der Waals surface area contributed by atoms with Crippen molar-refractivity contribution in [1.29, 1.82) is 0 Å². The quantitative estimate of drug-likeness (QED) is 0.384. The van der Waals surface area contributed by atoms with Crippen molar-refractivity contribution in [2.45, 2.75) is 11.8 Å². The van der Waals surface area contributed by atoms with E-state index in [0.717, 1.165) is 20.1 Å². The van der Waals surface area contributed by atoms with E-state index in [1.165, 1.54) is 0 Å². The fourth-order valence-corrected chi connectivity index (χ4v) is 4.50. The van der Waals surface area contributed by atoms with Gasteiger partial charge in [-0.2, -0.15) is 0 Å². The Hall–Kier alpha value is 0.260. The molecule has 2 aromatic carbocycles. The van der Waals surface area contributed by atoms with Gasteiger partial charge in [0, 0.05) is 20.0 Å². The van der Waals surface area contributed by atoms with Crippen molar-refractivity contribution >= 4 is 71.0 Å². The molecule has 2 aromatic rings. The van der Waals surface area contributed by atoms with E-state index in [1.807, 2.05) is 31.2 Å². The molecule has 1 nitrogen and oxygen atoms in total. The maximum Gasteiger partial charge on any atom is 0.139 e. The highest BCUT2D eigenvalue weighted by molar-refractivity contribution is 9.11. The maximum atomic E-state index is 6.37. The fourth-order valence-electron chi connectivity index (χ4n) is 1.91. The average molecular weight is 518 g/mol. The molecule has 0 bridgehead atoms. The lowest BCUT2D eigenvalue weighted by atomic mass is 10.0. The van der Waals surface area contributed by atoms with Gasteiger partial charge in [0.25, 0.3) is 0 Å². The maximum absolute atomic E-state index is 6.37. The van der Waals surface area contributed by atoms with Crippen molar-refractivity contribution < 1.29 is 4.74 Å². The van der Waals surface area contributed by atoms with Gasteiger partial charge in [0.1, 0.15) is 5.75 Å². The highest BCUT2D eigenvalue weighted by Gasteiger charge is 2.17. The Labute approximate surface area is 159 Å². The lowest BCUT2D eigenvalue weighted by molar-refractivity contribution is 0.340. The third-order valence-corrected chi connectivity index (χ3v) is 5.36. The van der Waals surface area contributed by atoms with Crippen LogP contribution in [0, 0.1) is 0 Å². The zero-order valence-corrected chi connectivity index (χ0v) is 17.2. The van der Waals surface area contributed by atoms with Crippen LogP contribution < -0.4 is 4.74 Å². The summed E-state index contributed by atoms with van der Waals surface area (Å²) in [5, 5.41) is 1.16. The number of ether oxygens (including phenoxy) is 1. The van der Waals surface area contributed by atoms with Crippen LogP contribution in [-0.2, 0) is 0 Å². The van der Waals surface area contributed by atoms with E-state index >= 15 is 0 Å². The summed E-state index contributed by atoms with van der Waals surface area (Å²) in [6, 6.07) is 9.64. The molecule has 2 rings (SSSR count). The topological polar surface area (TPSA) is 9.23 Å². The van der Waals surface area contributed by atoms with Crippen LogP contribution in [0.1, 0.15) is 22.9 Å². The average Bonchev–Trinajstić information content (AvgIpc) is 2.41. The van der Waals surface area contributed by atoms with Gasteiger partial charge in [0.15, 0.2) is 0 Å². The molecule has 0 saturated carbocycles. The van der Waals surface area contributed by atoms with E-state index in [9.17, 15) is 0 Å². The summed E-state index contributed by atoms with van der Waals surface area (Å²) >= 11 is 23.3. The standard InChI is InChI=1S/C15H11Br3Cl2O/c1-2-21-14-7-12(19)11(6-13(14)20)15(18)8-3-9(16)5-10(17)4-8/h3-7,15H,2H2,1H3. The Bertz CT molecular complexity index is 641. The highest BCUT2D eigenvalue weighted by Crippen LogP contribution is 2.41. The smallest absolute Gasteiger partial charge is 0.139 e. The van der Waals surface area contributed by atoms with Gasteiger partial charge in [-0.3, -0.25) is 0 Å². The minimum absolute atomic E-state index is 0.0630. The molecule has 0 saturated heterocycles. The first-order chi connectivity index (χ1) is 9.92. The van der Waals surface area contributed by atoms with E-state index in [-0.39, 0.29) is 4.83 Å². The summed E-state index contributed by atoms with van der Waals surface area (Å²) in [5.41, 5.74) is 1.97. The third-order valence-electron chi connectivity index (χ3n) is 2.80. The second kappa shape index (κ2) is 7.69. The van der Waals surface area contributed by atoms with Crippen LogP contribution in [0.5, 0.6) is 5.75 Å². The molecule has 0 aliphatic heterocycles.